The molecule has 2 aliphatic carbocycles. The van der Waals surface area contributed by atoms with Crippen LogP contribution in [-0.2, 0) is 14.8 Å². The van der Waals surface area contributed by atoms with Crippen LogP contribution < -0.4 is 0 Å². The van der Waals surface area contributed by atoms with Crippen molar-refractivity contribution in [3.63, 3.8) is 0 Å². The summed E-state index contributed by atoms with van der Waals surface area (Å²) in [6.07, 6.45) is 9.19. The number of thiol groups is 1. The maximum absolute atomic E-state index is 12.7. The minimum atomic E-state index is -3.58. The van der Waals surface area contributed by atoms with E-state index in [0.29, 0.717) is 12.8 Å². The predicted molar refractivity (Wildman–Crippen MR) is 84.0 cm³/mol. The van der Waals surface area contributed by atoms with E-state index in [2.05, 4.69) is 12.5 Å². The van der Waals surface area contributed by atoms with Crippen molar-refractivity contribution in [3.8, 4) is 0 Å². The fourth-order valence-corrected chi connectivity index (χ4v) is 5.25. The Bertz CT molecular complexity index is 429. The van der Waals surface area contributed by atoms with Gasteiger partial charge in [0.05, 0.1) is 5.25 Å². The van der Waals surface area contributed by atoms with Gasteiger partial charge in [0.25, 0.3) is 0 Å². The Balaban J connectivity index is 2.10. The van der Waals surface area contributed by atoms with Crippen molar-refractivity contribution in [3.05, 3.63) is 0 Å². The minimum absolute atomic E-state index is 0.123. The molecular weight excluding hydrogens is 293 g/mol. The van der Waals surface area contributed by atoms with Crippen LogP contribution in [0.1, 0.15) is 64.2 Å². The van der Waals surface area contributed by atoms with Gasteiger partial charge in [0.2, 0.25) is 15.9 Å². The lowest BCUT2D eigenvalue weighted by Crippen LogP contribution is -2.47. The van der Waals surface area contributed by atoms with Crippen molar-refractivity contribution in [2.24, 2.45) is 5.92 Å². The molecule has 20 heavy (non-hydrogen) atoms. The second kappa shape index (κ2) is 7.21. The smallest absolute Gasteiger partial charge is 0.278 e. The molecule has 0 bridgehead atoms. The summed E-state index contributed by atoms with van der Waals surface area (Å²) in [5, 5.41) is -0.421. The third-order valence-corrected chi connectivity index (χ3v) is 7.06. The average Bonchev–Trinajstić information content (AvgIpc) is 2.25. The number of amides is 1. The Morgan fingerprint density at radius 3 is 1.95 bits per heavy atom. The van der Waals surface area contributed by atoms with Crippen LogP contribution in [0.4, 0.5) is 0 Å². The summed E-state index contributed by atoms with van der Waals surface area (Å²) in [5.74, 6) is -0.407. The Hall–Kier alpha value is -0.165. The van der Waals surface area contributed by atoms with E-state index in [1.54, 1.807) is 0 Å². The van der Waals surface area contributed by atoms with Gasteiger partial charge in [0, 0.05) is 5.92 Å². The van der Waals surface area contributed by atoms with Crippen molar-refractivity contribution in [2.75, 3.05) is 0 Å². The van der Waals surface area contributed by atoms with Gasteiger partial charge in [-0.25, -0.2) is 20.9 Å². The molecule has 113 valence electrons. The van der Waals surface area contributed by atoms with E-state index in [-0.39, 0.29) is 11.8 Å². The number of carbonyl (C=O) groups is 1. The fourth-order valence-electron chi connectivity index (χ4n) is 2.96. The molecule has 0 atom stereocenters. The highest BCUT2D eigenvalue weighted by Crippen LogP contribution is 2.31. The standard InChI is InChI=1S/C13H23BNO3S2/c16-13(11-7-6-8-11)15(14-19)20(17,18)12-9-4-2-1-3-5-10-12/h11-12,19H,1-10H2. The largest absolute Gasteiger partial charge is 0.345 e. The zero-order valence-corrected chi connectivity index (χ0v) is 13.5. The van der Waals surface area contributed by atoms with E-state index < -0.39 is 15.3 Å². The molecule has 0 aromatic heterocycles. The van der Waals surface area contributed by atoms with Crippen LogP contribution in [0.5, 0.6) is 0 Å². The number of sulfonamides is 1. The normalized spacial score (nSPS) is 22.4. The van der Waals surface area contributed by atoms with Crippen molar-refractivity contribution >= 4 is 35.1 Å². The highest BCUT2D eigenvalue weighted by Gasteiger charge is 2.38. The molecular formula is C13H23BNO3S2. The van der Waals surface area contributed by atoms with Crippen molar-refractivity contribution < 1.29 is 13.2 Å². The third kappa shape index (κ3) is 3.53. The Morgan fingerprint density at radius 1 is 0.950 bits per heavy atom. The lowest BCUT2D eigenvalue weighted by atomic mass is 9.84. The van der Waals surface area contributed by atoms with Gasteiger partial charge in [-0.1, -0.05) is 38.5 Å². The van der Waals surface area contributed by atoms with Crippen molar-refractivity contribution in [2.45, 2.75) is 69.5 Å². The molecule has 0 aromatic carbocycles. The maximum Gasteiger partial charge on any atom is 0.345 e. The number of rotatable bonds is 4. The molecule has 2 aliphatic rings. The molecule has 1 amide bonds. The van der Waals surface area contributed by atoms with E-state index in [4.69, 9.17) is 0 Å². The Labute approximate surface area is 128 Å². The molecule has 4 nitrogen and oxygen atoms in total. The molecule has 1 radical (unpaired) electrons. The van der Waals surface area contributed by atoms with Crippen molar-refractivity contribution in [1.82, 2.24) is 4.22 Å². The zero-order chi connectivity index (χ0) is 14.6. The van der Waals surface area contributed by atoms with E-state index in [0.717, 1.165) is 55.9 Å². The second-order valence-electron chi connectivity index (χ2n) is 5.89. The maximum atomic E-state index is 12.7. The van der Waals surface area contributed by atoms with Gasteiger partial charge in [-0.2, -0.15) is 0 Å². The average molecular weight is 316 g/mol. The van der Waals surface area contributed by atoms with E-state index in [9.17, 15) is 13.2 Å². The Kier molecular flexibility index (Phi) is 5.84. The van der Waals surface area contributed by atoms with Crippen LogP contribution in [0.2, 0.25) is 0 Å². The van der Waals surface area contributed by atoms with Crippen molar-refractivity contribution in [1.29, 1.82) is 0 Å². The van der Waals surface area contributed by atoms with E-state index in [1.165, 1.54) is 6.42 Å². The molecule has 7 heteroatoms. The Morgan fingerprint density at radius 2 is 1.50 bits per heavy atom. The molecule has 0 unspecified atom stereocenters. The number of nitrogens with zero attached hydrogens (tertiary/aromatic N) is 1. The van der Waals surface area contributed by atoms with Crippen LogP contribution in [0, 0.1) is 5.92 Å². The molecule has 0 saturated heterocycles. The molecule has 2 fully saturated rings. The summed E-state index contributed by atoms with van der Waals surface area (Å²) in [6, 6.07) is 0. The van der Waals surface area contributed by atoms with Gasteiger partial charge < -0.3 is 0 Å². The number of hydrogen-bond acceptors (Lipinski definition) is 4. The first-order chi connectivity index (χ1) is 9.57. The lowest BCUT2D eigenvalue weighted by Gasteiger charge is -2.33. The second-order valence-corrected chi connectivity index (χ2v) is 8.21. The van der Waals surface area contributed by atoms with Crippen LogP contribution in [-0.4, -0.2) is 30.5 Å². The first-order valence-electron chi connectivity index (χ1n) is 7.62. The first kappa shape index (κ1) is 16.2. The summed E-state index contributed by atoms with van der Waals surface area (Å²) >= 11 is 3.97. The monoisotopic (exact) mass is 316 g/mol. The SMILES string of the molecule is O=C(C1CCC1)N([B]S)S(=O)(=O)C1CCCCCCC1. The highest BCUT2D eigenvalue weighted by molar-refractivity contribution is 8.09. The van der Waals surface area contributed by atoms with Gasteiger partial charge in [-0.15, -0.1) is 0 Å². The van der Waals surface area contributed by atoms with Crippen LogP contribution in [0.15, 0.2) is 0 Å². The van der Waals surface area contributed by atoms with Crippen LogP contribution in [0.3, 0.4) is 0 Å². The molecule has 0 spiro atoms. The van der Waals surface area contributed by atoms with Crippen LogP contribution in [0.25, 0.3) is 0 Å². The molecule has 2 rings (SSSR count). The summed E-state index contributed by atoms with van der Waals surface area (Å²) in [4.78, 5) is 12.3. The quantitative estimate of drug-likeness (QED) is 0.640. The molecule has 0 heterocycles. The van der Waals surface area contributed by atoms with E-state index in [1.807, 2.05) is 0 Å². The number of hydrogen-bond donors (Lipinski definition) is 1. The summed E-state index contributed by atoms with van der Waals surface area (Å²) < 4.78 is 26.3. The third-order valence-electron chi connectivity index (χ3n) is 4.52. The number of carbonyl (C=O) groups excluding carboxylic acids is 1. The van der Waals surface area contributed by atoms with E-state index >= 15 is 0 Å². The minimum Gasteiger partial charge on any atom is -0.278 e. The van der Waals surface area contributed by atoms with Gasteiger partial charge in [-0.3, -0.25) is 9.01 Å². The molecule has 0 aliphatic heterocycles. The fraction of sp³-hybridized carbons (Fsp3) is 0.923. The zero-order valence-electron chi connectivity index (χ0n) is 11.8. The van der Waals surface area contributed by atoms with Gasteiger partial charge in [0.15, 0.2) is 0 Å². The van der Waals surface area contributed by atoms with Gasteiger partial charge in [0.1, 0.15) is 0 Å². The van der Waals surface area contributed by atoms with Gasteiger partial charge >= 0.3 is 6.69 Å². The van der Waals surface area contributed by atoms with Crippen LogP contribution >= 0.6 is 12.5 Å². The first-order valence-corrected chi connectivity index (χ1v) is 9.64. The van der Waals surface area contributed by atoms with Gasteiger partial charge in [-0.05, 0) is 25.7 Å². The predicted octanol–water partition coefficient (Wildman–Crippen LogP) is 2.52. The topological polar surface area (TPSA) is 54.5 Å². The molecule has 0 aromatic rings. The molecule has 0 N–H and O–H groups in total. The lowest BCUT2D eigenvalue weighted by molar-refractivity contribution is -0.129. The summed E-state index contributed by atoms with van der Waals surface area (Å²) in [7, 11) is -3.58. The summed E-state index contributed by atoms with van der Waals surface area (Å²) in [6.45, 7) is 1.15. The highest BCUT2D eigenvalue weighted by atomic mass is 32.2. The summed E-state index contributed by atoms with van der Waals surface area (Å²) in [5.41, 5.74) is 0. The molecule has 2 saturated carbocycles.